The molecule has 2 aromatic carbocycles. The highest BCUT2D eigenvalue weighted by Crippen LogP contribution is 2.59. The van der Waals surface area contributed by atoms with Crippen LogP contribution in [0.1, 0.15) is 157 Å². The maximum Gasteiger partial charge on any atom is 0.348 e. The molecule has 10 nitrogen and oxygen atoms in total. The van der Waals surface area contributed by atoms with Crippen molar-refractivity contribution in [2.45, 2.75) is 119 Å². The smallest absolute Gasteiger partial charge is 0.348 e. The molecule has 0 saturated carbocycles. The van der Waals surface area contributed by atoms with Crippen LogP contribution in [0.3, 0.4) is 0 Å². The van der Waals surface area contributed by atoms with Crippen molar-refractivity contribution in [2.24, 2.45) is 0 Å². The Labute approximate surface area is 335 Å². The Kier molecular flexibility index (Phi) is 15.8. The molecule has 13 heteroatoms. The lowest BCUT2D eigenvalue weighted by Crippen LogP contribution is -2.07. The fourth-order valence-corrected chi connectivity index (χ4v) is 9.73. The third-order valence-electron chi connectivity index (χ3n) is 9.25. The van der Waals surface area contributed by atoms with Crippen LogP contribution >= 0.6 is 34.0 Å². The second kappa shape index (κ2) is 20.5. The summed E-state index contributed by atoms with van der Waals surface area (Å²) >= 11 is 3.41. The number of unbranched alkanes of at least 4 members (excludes halogenated alkanes) is 6. The van der Waals surface area contributed by atoms with Gasteiger partial charge in [-0.05, 0) is 38.5 Å². The van der Waals surface area contributed by atoms with Crippen LogP contribution in [0.2, 0.25) is 0 Å². The van der Waals surface area contributed by atoms with Crippen molar-refractivity contribution in [1.29, 1.82) is 0 Å². The van der Waals surface area contributed by atoms with Crippen molar-refractivity contribution in [3.8, 4) is 11.5 Å². The molecule has 0 bridgehead atoms. The lowest BCUT2D eigenvalue weighted by molar-refractivity contribution is 0.0495. The first-order valence-corrected chi connectivity index (χ1v) is 22.4. The second-order valence-corrected chi connectivity index (χ2v) is 16.6. The van der Waals surface area contributed by atoms with Gasteiger partial charge in [0, 0.05) is 32.3 Å². The Bertz CT molecular complexity index is 1940. The lowest BCUT2D eigenvalue weighted by atomic mass is 9.94. The number of esters is 4. The number of carbonyl (C=O) groups excluding carboxylic acids is 4. The van der Waals surface area contributed by atoms with Crippen LogP contribution < -0.4 is 9.47 Å². The zero-order valence-electron chi connectivity index (χ0n) is 33.0. The summed E-state index contributed by atoms with van der Waals surface area (Å²) in [5.41, 5.74) is 0. The summed E-state index contributed by atoms with van der Waals surface area (Å²) in [6, 6.07) is 0. The minimum atomic E-state index is -0.618. The van der Waals surface area contributed by atoms with Gasteiger partial charge in [-0.1, -0.05) is 80.1 Å². The molecule has 0 aliphatic carbocycles. The fraction of sp³-hybridized carbons (Fsp3) is 0.571. The molecule has 55 heavy (non-hydrogen) atoms. The maximum absolute atomic E-state index is 14.2. The van der Waals surface area contributed by atoms with Gasteiger partial charge in [-0.2, -0.15) is 0 Å². The van der Waals surface area contributed by atoms with E-state index in [1.807, 2.05) is 27.7 Å². The van der Waals surface area contributed by atoms with Crippen LogP contribution in [-0.4, -0.2) is 63.5 Å². The minimum Gasteiger partial charge on any atom is -0.488 e. The van der Waals surface area contributed by atoms with E-state index in [1.165, 1.54) is 22.7 Å². The summed E-state index contributed by atoms with van der Waals surface area (Å²) in [6.07, 6.45) is 9.36. The molecule has 0 aliphatic heterocycles. The average molecular weight is 815 g/mol. The molecule has 0 radical (unpaired) electrons. The molecule has 0 unspecified atom stereocenters. The molecule has 0 aliphatic rings. The first-order valence-electron chi connectivity index (χ1n) is 20.0. The highest BCUT2D eigenvalue weighted by atomic mass is 32.1. The van der Waals surface area contributed by atoms with E-state index in [0.29, 0.717) is 92.1 Å². The van der Waals surface area contributed by atoms with Crippen molar-refractivity contribution in [2.75, 3.05) is 39.6 Å². The number of carbonyl (C=O) groups is 4. The van der Waals surface area contributed by atoms with Crippen LogP contribution in [0.25, 0.3) is 41.7 Å². The first-order chi connectivity index (χ1) is 26.8. The predicted octanol–water partition coefficient (Wildman–Crippen LogP) is 12.1. The monoisotopic (exact) mass is 814 g/mol. The number of benzene rings is 2. The third-order valence-corrected chi connectivity index (χ3v) is 12.7. The van der Waals surface area contributed by atoms with Gasteiger partial charge in [0.15, 0.2) is 11.5 Å². The number of hydrogen-bond donors (Lipinski definition) is 0. The number of rotatable bonds is 24. The Morgan fingerprint density at radius 2 is 0.618 bits per heavy atom. The summed E-state index contributed by atoms with van der Waals surface area (Å²) in [7, 11) is 0. The summed E-state index contributed by atoms with van der Waals surface area (Å²) in [6.45, 7) is 13.8. The van der Waals surface area contributed by atoms with Crippen LogP contribution in [-0.2, 0) is 18.9 Å². The van der Waals surface area contributed by atoms with Gasteiger partial charge < -0.3 is 28.4 Å². The lowest BCUT2D eigenvalue weighted by Gasteiger charge is -2.16. The van der Waals surface area contributed by atoms with E-state index in [9.17, 15) is 19.2 Å². The van der Waals surface area contributed by atoms with Gasteiger partial charge in [-0.15, -0.1) is 34.0 Å². The second-order valence-electron chi connectivity index (χ2n) is 13.6. The Balaban J connectivity index is 2.00. The fourth-order valence-electron chi connectivity index (χ4n) is 6.22. The van der Waals surface area contributed by atoms with E-state index in [-0.39, 0.29) is 45.9 Å². The van der Waals surface area contributed by atoms with Crippen molar-refractivity contribution in [3.05, 3.63) is 19.5 Å². The number of ether oxygens (including phenoxy) is 6. The van der Waals surface area contributed by atoms with Gasteiger partial charge in [0.25, 0.3) is 0 Å². The topological polar surface area (TPSA) is 124 Å². The van der Waals surface area contributed by atoms with E-state index < -0.39 is 23.9 Å². The normalized spacial score (nSPS) is 11.6. The van der Waals surface area contributed by atoms with Gasteiger partial charge in [-0.3, -0.25) is 0 Å². The zero-order valence-corrected chi connectivity index (χ0v) is 35.5. The van der Waals surface area contributed by atoms with Gasteiger partial charge >= 0.3 is 23.9 Å². The Morgan fingerprint density at radius 1 is 0.364 bits per heavy atom. The van der Waals surface area contributed by atoms with E-state index in [0.717, 1.165) is 62.7 Å². The standard InChI is InChI=1S/C42H54O10S3/c1-7-13-19-47-31-32(48-20-14-8-2)34-26-25-27(35(53-33(25)31)39(43)49-21-15-9-3)29-30(28(26)36(54-34)40(44)50-22-16-10-4)38(42(46)52-24-18-12-6)55-37(29)41(45)51-23-17-11-5/h7-24H2,1-6H3. The largest absolute Gasteiger partial charge is 0.488 e. The summed E-state index contributed by atoms with van der Waals surface area (Å²) < 4.78 is 37.8. The highest BCUT2D eigenvalue weighted by Gasteiger charge is 2.37. The summed E-state index contributed by atoms with van der Waals surface area (Å²) in [5, 5.41) is 2.94. The van der Waals surface area contributed by atoms with Gasteiger partial charge in [0.1, 0.15) is 19.5 Å². The molecule has 0 spiro atoms. The molecule has 5 rings (SSSR count). The molecule has 300 valence electrons. The molecule has 0 atom stereocenters. The number of thiophene rings is 3. The third kappa shape index (κ3) is 8.99. The van der Waals surface area contributed by atoms with Crippen molar-refractivity contribution < 1.29 is 47.6 Å². The van der Waals surface area contributed by atoms with Crippen LogP contribution in [0, 0.1) is 0 Å². The van der Waals surface area contributed by atoms with Gasteiger partial charge in [-0.25, -0.2) is 19.2 Å². The van der Waals surface area contributed by atoms with Crippen LogP contribution in [0.5, 0.6) is 11.5 Å². The van der Waals surface area contributed by atoms with Crippen molar-refractivity contribution in [1.82, 2.24) is 0 Å². The molecular formula is C42H54O10S3. The Morgan fingerprint density at radius 3 is 0.909 bits per heavy atom. The first kappa shape index (κ1) is 42.5. The van der Waals surface area contributed by atoms with Gasteiger partial charge in [0.2, 0.25) is 0 Å². The molecule has 0 amide bonds. The van der Waals surface area contributed by atoms with E-state index in [1.54, 1.807) is 0 Å². The van der Waals surface area contributed by atoms with Crippen LogP contribution in [0.4, 0.5) is 0 Å². The van der Waals surface area contributed by atoms with E-state index >= 15 is 0 Å². The molecule has 5 aromatic rings. The van der Waals surface area contributed by atoms with Crippen molar-refractivity contribution >= 4 is 99.6 Å². The SMILES string of the molecule is CCCCOC(=O)c1sc(C(=O)OCCCC)c2c1c1c(C(=O)OCCCC)sc3c(OCCCC)c(OCCCC)c4sc(C(=O)OCCCC)c2c4c31. The Hall–Kier alpha value is -3.68. The van der Waals surface area contributed by atoms with Crippen LogP contribution in [0.15, 0.2) is 0 Å². The molecule has 3 aromatic heterocycles. The molecular weight excluding hydrogens is 761 g/mol. The van der Waals surface area contributed by atoms with Crippen molar-refractivity contribution in [3.63, 3.8) is 0 Å². The highest BCUT2D eigenvalue weighted by molar-refractivity contribution is 7.25. The summed E-state index contributed by atoms with van der Waals surface area (Å²) in [4.78, 5) is 57.6. The summed E-state index contributed by atoms with van der Waals surface area (Å²) in [5.74, 6) is -1.36. The quantitative estimate of drug-likeness (QED) is 0.0338. The number of fused-ring (bicyclic) bond motifs is 3. The molecule has 0 N–H and O–H groups in total. The zero-order chi connectivity index (χ0) is 39.5. The predicted molar refractivity (Wildman–Crippen MR) is 223 cm³/mol. The average Bonchev–Trinajstić information content (AvgIpc) is 3.88. The van der Waals surface area contributed by atoms with E-state index in [4.69, 9.17) is 28.4 Å². The molecule has 3 heterocycles. The molecule has 0 saturated heterocycles. The van der Waals surface area contributed by atoms with Gasteiger partial charge in [0.05, 0.1) is 49.0 Å². The number of hydrogen-bond acceptors (Lipinski definition) is 13. The maximum atomic E-state index is 14.2. The molecule has 0 fully saturated rings. The minimum absolute atomic E-state index is 0.155. The van der Waals surface area contributed by atoms with E-state index in [2.05, 4.69) is 13.8 Å².